The highest BCUT2D eigenvalue weighted by molar-refractivity contribution is 6.17. The summed E-state index contributed by atoms with van der Waals surface area (Å²) in [5.41, 5.74) is -0.286. The van der Waals surface area contributed by atoms with Crippen LogP contribution in [0.1, 0.15) is 36.7 Å². The van der Waals surface area contributed by atoms with Gasteiger partial charge in [-0.3, -0.25) is 0 Å². The Hall–Kier alpha value is -1.09. The van der Waals surface area contributed by atoms with Crippen molar-refractivity contribution >= 4 is 17.6 Å². The molecule has 1 aromatic carbocycles. The molecule has 0 amide bonds. The summed E-state index contributed by atoms with van der Waals surface area (Å²) in [7, 11) is 0. The fraction of sp³-hybridized carbons (Fsp3) is 0.417. The second kappa shape index (κ2) is 4.83. The molecule has 0 radical (unpaired) electrons. The zero-order chi connectivity index (χ0) is 12.3. The molecule has 0 saturated heterocycles. The van der Waals surface area contributed by atoms with E-state index in [1.54, 1.807) is 26.8 Å². The number of alkyl halides is 1. The van der Waals surface area contributed by atoms with E-state index in [9.17, 15) is 9.18 Å². The molecule has 0 bridgehead atoms. The summed E-state index contributed by atoms with van der Waals surface area (Å²) in [5, 5.41) is 0. The summed E-state index contributed by atoms with van der Waals surface area (Å²) in [6, 6.07) is 4.34. The lowest BCUT2D eigenvalue weighted by molar-refractivity contribution is 0.00638. The Balaban J connectivity index is 3.08. The molecule has 0 unspecified atom stereocenters. The minimum absolute atomic E-state index is 0.0757. The summed E-state index contributed by atoms with van der Waals surface area (Å²) < 4.78 is 18.6. The summed E-state index contributed by atoms with van der Waals surface area (Å²) >= 11 is 5.64. The first-order valence-corrected chi connectivity index (χ1v) is 5.45. The maximum Gasteiger partial charge on any atom is 0.341 e. The number of halogens is 2. The smallest absolute Gasteiger partial charge is 0.341 e. The van der Waals surface area contributed by atoms with Gasteiger partial charge in [0.05, 0.1) is 5.56 Å². The van der Waals surface area contributed by atoms with Gasteiger partial charge in [0, 0.05) is 5.88 Å². The van der Waals surface area contributed by atoms with E-state index in [-0.39, 0.29) is 11.4 Å². The van der Waals surface area contributed by atoms with Crippen molar-refractivity contribution in [2.75, 3.05) is 0 Å². The SMILES string of the molecule is CC(C)(C)OC(=O)c1c(F)cccc1CCl. The zero-order valence-electron chi connectivity index (χ0n) is 9.51. The van der Waals surface area contributed by atoms with Gasteiger partial charge in [-0.1, -0.05) is 12.1 Å². The molecule has 0 atom stereocenters. The van der Waals surface area contributed by atoms with Crippen molar-refractivity contribution in [1.82, 2.24) is 0 Å². The summed E-state index contributed by atoms with van der Waals surface area (Å²) in [6.45, 7) is 5.18. The number of carbonyl (C=O) groups is 1. The quantitative estimate of drug-likeness (QED) is 0.588. The van der Waals surface area contributed by atoms with Gasteiger partial charge in [0.1, 0.15) is 11.4 Å². The van der Waals surface area contributed by atoms with Gasteiger partial charge in [-0.2, -0.15) is 0 Å². The lowest BCUT2D eigenvalue weighted by Gasteiger charge is -2.20. The predicted molar refractivity (Wildman–Crippen MR) is 61.1 cm³/mol. The lowest BCUT2D eigenvalue weighted by Crippen LogP contribution is -2.25. The molecular weight excluding hydrogens is 231 g/mol. The molecule has 88 valence electrons. The van der Waals surface area contributed by atoms with Gasteiger partial charge in [-0.25, -0.2) is 9.18 Å². The highest BCUT2D eigenvalue weighted by atomic mass is 35.5. The maximum absolute atomic E-state index is 13.5. The number of esters is 1. The first kappa shape index (κ1) is 13.0. The first-order chi connectivity index (χ1) is 7.35. The molecule has 1 rings (SSSR count). The molecule has 2 nitrogen and oxygen atoms in total. The first-order valence-electron chi connectivity index (χ1n) is 4.92. The minimum atomic E-state index is -0.679. The molecule has 0 spiro atoms. The Kier molecular flexibility index (Phi) is 3.92. The third kappa shape index (κ3) is 3.20. The number of benzene rings is 1. The fourth-order valence-corrected chi connectivity index (χ4v) is 1.46. The average Bonchev–Trinajstić information content (AvgIpc) is 2.14. The molecule has 0 aliphatic rings. The normalized spacial score (nSPS) is 11.3. The summed E-state index contributed by atoms with van der Waals surface area (Å²) in [5.74, 6) is -1.21. The Morgan fingerprint density at radius 1 is 1.44 bits per heavy atom. The van der Waals surface area contributed by atoms with Crippen molar-refractivity contribution in [1.29, 1.82) is 0 Å². The number of hydrogen-bond donors (Lipinski definition) is 0. The van der Waals surface area contributed by atoms with Crippen LogP contribution in [0.2, 0.25) is 0 Å². The molecule has 0 heterocycles. The second-order valence-electron chi connectivity index (χ2n) is 4.41. The molecule has 4 heteroatoms. The molecule has 0 N–H and O–H groups in total. The van der Waals surface area contributed by atoms with Crippen LogP contribution in [-0.4, -0.2) is 11.6 Å². The van der Waals surface area contributed by atoms with Crippen LogP contribution in [0.5, 0.6) is 0 Å². The van der Waals surface area contributed by atoms with Gasteiger partial charge in [-0.05, 0) is 32.4 Å². The molecule has 0 saturated carbocycles. The largest absolute Gasteiger partial charge is 0.456 e. The van der Waals surface area contributed by atoms with Crippen molar-refractivity contribution in [2.45, 2.75) is 32.3 Å². The summed E-state index contributed by atoms with van der Waals surface area (Å²) in [4.78, 5) is 11.7. The van der Waals surface area contributed by atoms with Crippen LogP contribution in [0.25, 0.3) is 0 Å². The van der Waals surface area contributed by atoms with Gasteiger partial charge in [0.15, 0.2) is 0 Å². The van der Waals surface area contributed by atoms with Crippen LogP contribution in [-0.2, 0) is 10.6 Å². The van der Waals surface area contributed by atoms with E-state index in [0.717, 1.165) is 0 Å². The van der Waals surface area contributed by atoms with E-state index < -0.39 is 17.4 Å². The minimum Gasteiger partial charge on any atom is -0.456 e. The molecule has 0 aromatic heterocycles. The van der Waals surface area contributed by atoms with E-state index >= 15 is 0 Å². The van der Waals surface area contributed by atoms with Crippen LogP contribution in [0.3, 0.4) is 0 Å². The van der Waals surface area contributed by atoms with Crippen molar-refractivity contribution in [2.24, 2.45) is 0 Å². The van der Waals surface area contributed by atoms with Crippen molar-refractivity contribution in [3.8, 4) is 0 Å². The molecule has 0 aliphatic carbocycles. The summed E-state index contributed by atoms with van der Waals surface area (Å²) in [6.07, 6.45) is 0. The van der Waals surface area contributed by atoms with Gasteiger partial charge in [0.25, 0.3) is 0 Å². The molecular formula is C12H14ClFO2. The van der Waals surface area contributed by atoms with E-state index in [1.165, 1.54) is 12.1 Å². The topological polar surface area (TPSA) is 26.3 Å². The van der Waals surface area contributed by atoms with Crippen molar-refractivity contribution < 1.29 is 13.9 Å². The Morgan fingerprint density at radius 3 is 2.56 bits per heavy atom. The third-order valence-corrected chi connectivity index (χ3v) is 2.13. The molecule has 1 aromatic rings. The number of carbonyl (C=O) groups excluding carboxylic acids is 1. The van der Waals surface area contributed by atoms with Crippen LogP contribution in [0.4, 0.5) is 4.39 Å². The van der Waals surface area contributed by atoms with Crippen LogP contribution in [0, 0.1) is 5.82 Å². The highest BCUT2D eigenvalue weighted by Crippen LogP contribution is 2.19. The van der Waals surface area contributed by atoms with Crippen LogP contribution in [0.15, 0.2) is 18.2 Å². The average molecular weight is 245 g/mol. The fourth-order valence-electron chi connectivity index (χ4n) is 1.24. The van der Waals surface area contributed by atoms with Gasteiger partial charge >= 0.3 is 5.97 Å². The number of ether oxygens (including phenoxy) is 1. The van der Waals surface area contributed by atoms with E-state index in [4.69, 9.17) is 16.3 Å². The Bertz CT molecular complexity index is 396. The van der Waals surface area contributed by atoms with E-state index in [2.05, 4.69) is 0 Å². The number of rotatable bonds is 2. The highest BCUT2D eigenvalue weighted by Gasteiger charge is 2.22. The van der Waals surface area contributed by atoms with Gasteiger partial charge < -0.3 is 4.74 Å². The van der Waals surface area contributed by atoms with Crippen molar-refractivity contribution in [3.05, 3.63) is 35.1 Å². The number of hydrogen-bond acceptors (Lipinski definition) is 2. The van der Waals surface area contributed by atoms with Crippen LogP contribution >= 0.6 is 11.6 Å². The van der Waals surface area contributed by atoms with Crippen molar-refractivity contribution in [3.63, 3.8) is 0 Å². The standard InChI is InChI=1S/C12H14ClFO2/c1-12(2,3)16-11(15)10-8(7-13)5-4-6-9(10)14/h4-6H,7H2,1-3H3. The Labute approximate surface area is 99.4 Å². The monoisotopic (exact) mass is 244 g/mol. The second-order valence-corrected chi connectivity index (χ2v) is 4.68. The molecule has 16 heavy (non-hydrogen) atoms. The lowest BCUT2D eigenvalue weighted by atomic mass is 10.1. The van der Waals surface area contributed by atoms with E-state index in [1.807, 2.05) is 0 Å². The zero-order valence-corrected chi connectivity index (χ0v) is 10.3. The third-order valence-electron chi connectivity index (χ3n) is 1.85. The van der Waals surface area contributed by atoms with E-state index in [0.29, 0.717) is 5.56 Å². The van der Waals surface area contributed by atoms with Gasteiger partial charge in [-0.15, -0.1) is 11.6 Å². The van der Waals surface area contributed by atoms with Crippen LogP contribution < -0.4 is 0 Å². The predicted octanol–water partition coefficient (Wildman–Crippen LogP) is 3.52. The molecule has 0 fully saturated rings. The van der Waals surface area contributed by atoms with Gasteiger partial charge in [0.2, 0.25) is 0 Å². The maximum atomic E-state index is 13.5. The molecule has 0 aliphatic heterocycles. The Morgan fingerprint density at radius 2 is 2.06 bits per heavy atom.